The van der Waals surface area contributed by atoms with Gasteiger partial charge in [-0.15, -0.1) is 0 Å². The molecule has 0 amide bonds. The van der Waals surface area contributed by atoms with Gasteiger partial charge in [-0.05, 0) is 55.9 Å². The third-order valence-electron chi connectivity index (χ3n) is 5.59. The van der Waals surface area contributed by atoms with Crippen LogP contribution in [-0.4, -0.2) is 70.7 Å². The van der Waals surface area contributed by atoms with E-state index in [0.29, 0.717) is 24.8 Å². The highest BCUT2D eigenvalue weighted by Gasteiger charge is 2.32. The molecule has 146 valence electrons. The lowest BCUT2D eigenvalue weighted by atomic mass is 9.97. The highest BCUT2D eigenvalue weighted by atomic mass is 32.2. The normalized spacial score (nSPS) is 21.0. The van der Waals surface area contributed by atoms with E-state index in [0.717, 1.165) is 56.8 Å². The van der Waals surface area contributed by atoms with Gasteiger partial charge >= 0.3 is 0 Å². The molecule has 1 aromatic rings. The van der Waals surface area contributed by atoms with Gasteiger partial charge < -0.3 is 9.47 Å². The Bertz CT molecular complexity index is 721. The van der Waals surface area contributed by atoms with E-state index < -0.39 is 10.0 Å². The zero-order valence-electron chi connectivity index (χ0n) is 16.0. The first-order chi connectivity index (χ1) is 12.4. The number of morpholine rings is 1. The number of nitrogens with zero attached hydrogens (tertiary/aromatic N) is 2. The predicted molar refractivity (Wildman–Crippen MR) is 101 cm³/mol. The molecule has 2 fully saturated rings. The number of sulfonamides is 1. The number of benzene rings is 1. The van der Waals surface area contributed by atoms with Gasteiger partial charge in [0.1, 0.15) is 10.6 Å². The van der Waals surface area contributed by atoms with E-state index in [1.807, 2.05) is 19.9 Å². The summed E-state index contributed by atoms with van der Waals surface area (Å²) in [5.41, 5.74) is 2.00. The van der Waals surface area contributed by atoms with E-state index in [1.54, 1.807) is 10.4 Å². The fourth-order valence-corrected chi connectivity index (χ4v) is 5.44. The van der Waals surface area contributed by atoms with Gasteiger partial charge in [-0.1, -0.05) is 0 Å². The SMILES string of the molecule is COc1cc(C)c(C)cc1S(=O)(=O)N1CCC(CN2CCOCC2)CC1. The van der Waals surface area contributed by atoms with Gasteiger partial charge in [0.15, 0.2) is 0 Å². The molecular formula is C19H30N2O4S. The molecule has 0 saturated carbocycles. The summed E-state index contributed by atoms with van der Waals surface area (Å²) in [5.74, 6) is 0.990. The molecule has 2 aliphatic rings. The highest BCUT2D eigenvalue weighted by molar-refractivity contribution is 7.89. The van der Waals surface area contributed by atoms with Crippen LogP contribution in [0, 0.1) is 19.8 Å². The second kappa shape index (κ2) is 8.25. The molecule has 0 spiro atoms. The maximum absolute atomic E-state index is 13.1. The van der Waals surface area contributed by atoms with Gasteiger partial charge in [-0.3, -0.25) is 4.90 Å². The molecular weight excluding hydrogens is 352 g/mol. The van der Waals surface area contributed by atoms with E-state index >= 15 is 0 Å². The maximum atomic E-state index is 13.1. The Morgan fingerprint density at radius 2 is 1.69 bits per heavy atom. The number of aryl methyl sites for hydroxylation is 2. The Morgan fingerprint density at radius 3 is 2.31 bits per heavy atom. The van der Waals surface area contributed by atoms with Crippen LogP contribution in [0.25, 0.3) is 0 Å². The van der Waals surface area contributed by atoms with E-state index in [-0.39, 0.29) is 4.90 Å². The minimum absolute atomic E-state index is 0.287. The van der Waals surface area contributed by atoms with E-state index in [1.165, 1.54) is 7.11 Å². The Kier molecular flexibility index (Phi) is 6.22. The van der Waals surface area contributed by atoms with Crippen LogP contribution in [0.2, 0.25) is 0 Å². The molecule has 0 radical (unpaired) electrons. The van der Waals surface area contributed by atoms with Crippen molar-refractivity contribution in [1.82, 2.24) is 9.21 Å². The van der Waals surface area contributed by atoms with Crippen molar-refractivity contribution in [1.29, 1.82) is 0 Å². The predicted octanol–water partition coefficient (Wildman–Crippen LogP) is 2.04. The van der Waals surface area contributed by atoms with Crippen molar-refractivity contribution in [3.63, 3.8) is 0 Å². The molecule has 0 unspecified atom stereocenters. The first kappa shape index (κ1) is 19.6. The topological polar surface area (TPSA) is 59.1 Å². The molecule has 6 nitrogen and oxygen atoms in total. The first-order valence-electron chi connectivity index (χ1n) is 9.37. The van der Waals surface area contributed by atoms with Gasteiger partial charge in [-0.25, -0.2) is 8.42 Å². The van der Waals surface area contributed by atoms with Crippen LogP contribution in [0.5, 0.6) is 5.75 Å². The molecule has 2 heterocycles. The number of rotatable bonds is 5. The molecule has 2 saturated heterocycles. The Morgan fingerprint density at radius 1 is 1.08 bits per heavy atom. The second-order valence-electron chi connectivity index (χ2n) is 7.35. The largest absolute Gasteiger partial charge is 0.495 e. The molecule has 0 bridgehead atoms. The number of ether oxygens (including phenoxy) is 2. The summed E-state index contributed by atoms with van der Waals surface area (Å²) in [6.45, 7) is 9.68. The molecule has 0 atom stereocenters. The van der Waals surface area contributed by atoms with Crippen molar-refractivity contribution < 1.29 is 17.9 Å². The summed E-state index contributed by atoms with van der Waals surface area (Å²) in [7, 11) is -2.00. The van der Waals surface area contributed by atoms with Crippen LogP contribution in [-0.2, 0) is 14.8 Å². The van der Waals surface area contributed by atoms with Crippen LogP contribution in [0.3, 0.4) is 0 Å². The third kappa shape index (κ3) is 4.22. The van der Waals surface area contributed by atoms with Crippen molar-refractivity contribution in [3.05, 3.63) is 23.3 Å². The first-order valence-corrected chi connectivity index (χ1v) is 10.8. The fourth-order valence-electron chi connectivity index (χ4n) is 3.74. The zero-order valence-corrected chi connectivity index (χ0v) is 16.8. The van der Waals surface area contributed by atoms with Gasteiger partial charge in [-0.2, -0.15) is 4.31 Å². The quantitative estimate of drug-likeness (QED) is 0.780. The van der Waals surface area contributed by atoms with Crippen LogP contribution >= 0.6 is 0 Å². The van der Waals surface area contributed by atoms with Gasteiger partial charge in [0.05, 0.1) is 20.3 Å². The number of hydrogen-bond acceptors (Lipinski definition) is 5. The average molecular weight is 383 g/mol. The van der Waals surface area contributed by atoms with Crippen molar-refractivity contribution in [3.8, 4) is 5.75 Å². The number of hydrogen-bond donors (Lipinski definition) is 0. The van der Waals surface area contributed by atoms with Gasteiger partial charge in [0.2, 0.25) is 10.0 Å². The molecule has 3 rings (SSSR count). The monoisotopic (exact) mass is 382 g/mol. The summed E-state index contributed by atoms with van der Waals surface area (Å²) >= 11 is 0. The lowest BCUT2D eigenvalue weighted by molar-refractivity contribution is 0.0269. The summed E-state index contributed by atoms with van der Waals surface area (Å²) in [4.78, 5) is 2.72. The second-order valence-corrected chi connectivity index (χ2v) is 9.25. The molecule has 7 heteroatoms. The maximum Gasteiger partial charge on any atom is 0.246 e. The Labute approximate surface area is 157 Å². The molecule has 0 aromatic heterocycles. The van der Waals surface area contributed by atoms with Gasteiger partial charge in [0.25, 0.3) is 0 Å². The zero-order chi connectivity index (χ0) is 18.7. The molecule has 26 heavy (non-hydrogen) atoms. The van der Waals surface area contributed by atoms with E-state index in [2.05, 4.69) is 4.90 Å². The van der Waals surface area contributed by atoms with Crippen LogP contribution in [0.15, 0.2) is 17.0 Å². The van der Waals surface area contributed by atoms with Crippen molar-refractivity contribution in [2.24, 2.45) is 5.92 Å². The van der Waals surface area contributed by atoms with Crippen LogP contribution in [0.1, 0.15) is 24.0 Å². The minimum atomic E-state index is -3.53. The highest BCUT2D eigenvalue weighted by Crippen LogP contribution is 2.32. The lowest BCUT2D eigenvalue weighted by Crippen LogP contribution is -2.44. The third-order valence-corrected chi connectivity index (χ3v) is 7.51. The van der Waals surface area contributed by atoms with Crippen molar-refractivity contribution >= 4 is 10.0 Å². The molecule has 0 aliphatic carbocycles. The Balaban J connectivity index is 1.67. The smallest absolute Gasteiger partial charge is 0.246 e. The molecule has 2 aliphatic heterocycles. The van der Waals surface area contributed by atoms with E-state index in [4.69, 9.17) is 9.47 Å². The van der Waals surface area contributed by atoms with Crippen LogP contribution < -0.4 is 4.74 Å². The summed E-state index contributed by atoms with van der Waals surface area (Å²) in [5, 5.41) is 0. The van der Waals surface area contributed by atoms with Crippen molar-refractivity contribution in [2.45, 2.75) is 31.6 Å². The molecule has 1 aromatic carbocycles. The summed E-state index contributed by atoms with van der Waals surface area (Å²) < 4.78 is 38.7. The average Bonchev–Trinajstić information content (AvgIpc) is 2.65. The number of methoxy groups -OCH3 is 1. The minimum Gasteiger partial charge on any atom is -0.495 e. The molecule has 0 N–H and O–H groups in total. The number of piperidine rings is 1. The fraction of sp³-hybridized carbons (Fsp3) is 0.684. The summed E-state index contributed by atoms with van der Waals surface area (Å²) in [6, 6.07) is 3.55. The van der Waals surface area contributed by atoms with Crippen LogP contribution in [0.4, 0.5) is 0 Å². The van der Waals surface area contributed by atoms with Gasteiger partial charge in [0, 0.05) is 32.7 Å². The van der Waals surface area contributed by atoms with Crippen molar-refractivity contribution in [2.75, 3.05) is 53.0 Å². The Hall–Kier alpha value is -1.15. The van der Waals surface area contributed by atoms with E-state index in [9.17, 15) is 8.42 Å². The lowest BCUT2D eigenvalue weighted by Gasteiger charge is -2.35. The standard InChI is InChI=1S/C19H30N2O4S/c1-15-12-18(24-3)19(13-16(15)2)26(22,23)21-6-4-17(5-7-21)14-20-8-10-25-11-9-20/h12-13,17H,4-11,14H2,1-3H3. The summed E-state index contributed by atoms with van der Waals surface area (Å²) in [6.07, 6.45) is 1.81.